The van der Waals surface area contributed by atoms with Gasteiger partial charge in [0, 0.05) is 23.3 Å². The Labute approximate surface area is 131 Å². The molecule has 0 aliphatic carbocycles. The highest BCUT2D eigenvalue weighted by Crippen LogP contribution is 2.27. The summed E-state index contributed by atoms with van der Waals surface area (Å²) in [4.78, 5) is 23.8. The van der Waals surface area contributed by atoms with E-state index in [1.54, 1.807) is 30.7 Å². The molecule has 0 amide bonds. The van der Waals surface area contributed by atoms with Crippen LogP contribution in [0, 0.1) is 0 Å². The Kier molecular flexibility index (Phi) is 3.12. The lowest BCUT2D eigenvalue weighted by atomic mass is 10.1. The number of carbonyl (C=O) groups is 1. The summed E-state index contributed by atoms with van der Waals surface area (Å²) in [5, 5.41) is 8.16. The Morgan fingerprint density at radius 2 is 2.00 bits per heavy atom. The van der Waals surface area contributed by atoms with Crippen LogP contribution in [0.4, 0.5) is 0 Å². The SMILES string of the molecule is O=Cc1cccc(-c2n[nH]c3cnc(-c4cccnc4)cc23)n1. The normalized spacial score (nSPS) is 10.8. The van der Waals surface area contributed by atoms with Gasteiger partial charge in [0.05, 0.1) is 23.1 Å². The second kappa shape index (κ2) is 5.42. The van der Waals surface area contributed by atoms with Gasteiger partial charge in [-0.25, -0.2) is 4.98 Å². The maximum atomic E-state index is 10.9. The van der Waals surface area contributed by atoms with Crippen molar-refractivity contribution in [1.29, 1.82) is 0 Å². The molecule has 0 aliphatic rings. The summed E-state index contributed by atoms with van der Waals surface area (Å²) in [6.45, 7) is 0. The van der Waals surface area contributed by atoms with E-state index in [2.05, 4.69) is 25.1 Å². The number of nitrogens with zero attached hydrogens (tertiary/aromatic N) is 4. The van der Waals surface area contributed by atoms with Crippen LogP contribution in [-0.2, 0) is 0 Å². The van der Waals surface area contributed by atoms with Crippen LogP contribution in [-0.4, -0.2) is 31.4 Å². The van der Waals surface area contributed by atoms with Crippen LogP contribution in [0.15, 0.2) is 55.0 Å². The van der Waals surface area contributed by atoms with Crippen molar-refractivity contribution in [2.45, 2.75) is 0 Å². The van der Waals surface area contributed by atoms with E-state index in [9.17, 15) is 4.79 Å². The standard InChI is InChI=1S/C17H11N5O/c23-10-12-4-1-5-14(20-12)17-13-7-15(11-3-2-6-18-8-11)19-9-16(13)21-22-17/h1-10H,(H,21,22). The molecule has 0 radical (unpaired) electrons. The molecule has 110 valence electrons. The van der Waals surface area contributed by atoms with Crippen molar-refractivity contribution in [2.75, 3.05) is 0 Å². The Morgan fingerprint density at radius 3 is 2.83 bits per heavy atom. The third-order valence-corrected chi connectivity index (χ3v) is 3.54. The molecule has 0 saturated heterocycles. The maximum Gasteiger partial charge on any atom is 0.168 e. The summed E-state index contributed by atoms with van der Waals surface area (Å²) in [6.07, 6.45) is 5.94. The topological polar surface area (TPSA) is 84.4 Å². The molecule has 0 fully saturated rings. The van der Waals surface area contributed by atoms with E-state index in [1.807, 2.05) is 24.3 Å². The number of fused-ring (bicyclic) bond motifs is 1. The number of pyridine rings is 3. The number of hydrogen-bond donors (Lipinski definition) is 1. The van der Waals surface area contributed by atoms with Gasteiger partial charge in [-0.15, -0.1) is 0 Å². The van der Waals surface area contributed by atoms with E-state index in [-0.39, 0.29) is 0 Å². The first-order valence-corrected chi connectivity index (χ1v) is 7.02. The third-order valence-electron chi connectivity index (χ3n) is 3.54. The van der Waals surface area contributed by atoms with Gasteiger partial charge in [0.15, 0.2) is 6.29 Å². The van der Waals surface area contributed by atoms with Gasteiger partial charge in [0.25, 0.3) is 0 Å². The molecule has 6 heteroatoms. The molecule has 0 saturated carbocycles. The van der Waals surface area contributed by atoms with Crippen molar-refractivity contribution >= 4 is 17.2 Å². The van der Waals surface area contributed by atoms with Crippen LogP contribution in [0.1, 0.15) is 10.5 Å². The fourth-order valence-corrected chi connectivity index (χ4v) is 2.43. The predicted octanol–water partition coefficient (Wildman–Crippen LogP) is 2.89. The number of aromatic amines is 1. The van der Waals surface area contributed by atoms with Gasteiger partial charge in [0.1, 0.15) is 11.4 Å². The maximum absolute atomic E-state index is 10.9. The zero-order valence-corrected chi connectivity index (χ0v) is 12.0. The molecule has 0 aromatic carbocycles. The zero-order valence-electron chi connectivity index (χ0n) is 12.0. The lowest BCUT2D eigenvalue weighted by molar-refractivity contribution is 0.111. The number of carbonyl (C=O) groups excluding carboxylic acids is 1. The van der Waals surface area contributed by atoms with Gasteiger partial charge in [-0.2, -0.15) is 5.10 Å². The average Bonchev–Trinajstić information content (AvgIpc) is 3.05. The molecule has 4 aromatic rings. The summed E-state index contributed by atoms with van der Waals surface area (Å²) >= 11 is 0. The van der Waals surface area contributed by atoms with Crippen molar-refractivity contribution in [3.05, 3.63) is 60.7 Å². The van der Waals surface area contributed by atoms with E-state index in [0.29, 0.717) is 17.1 Å². The Hall–Kier alpha value is -3.41. The van der Waals surface area contributed by atoms with E-state index >= 15 is 0 Å². The van der Waals surface area contributed by atoms with Gasteiger partial charge in [-0.1, -0.05) is 6.07 Å². The summed E-state index contributed by atoms with van der Waals surface area (Å²) in [6, 6.07) is 11.0. The minimum atomic E-state index is 0.375. The average molecular weight is 301 g/mol. The first-order valence-electron chi connectivity index (χ1n) is 7.02. The predicted molar refractivity (Wildman–Crippen MR) is 85.7 cm³/mol. The number of aldehydes is 1. The van der Waals surface area contributed by atoms with Gasteiger partial charge in [-0.05, 0) is 30.3 Å². The van der Waals surface area contributed by atoms with Crippen LogP contribution in [0.5, 0.6) is 0 Å². The highest BCUT2D eigenvalue weighted by atomic mass is 16.1. The van der Waals surface area contributed by atoms with Crippen LogP contribution >= 0.6 is 0 Å². The molecule has 6 nitrogen and oxygen atoms in total. The molecule has 0 unspecified atom stereocenters. The Morgan fingerprint density at radius 1 is 1.04 bits per heavy atom. The molecule has 0 atom stereocenters. The largest absolute Gasteiger partial charge is 0.296 e. The number of H-pyrrole nitrogens is 1. The van der Waals surface area contributed by atoms with Crippen LogP contribution in [0.2, 0.25) is 0 Å². The van der Waals surface area contributed by atoms with Crippen LogP contribution < -0.4 is 0 Å². The van der Waals surface area contributed by atoms with Crippen molar-refractivity contribution in [2.24, 2.45) is 0 Å². The third kappa shape index (κ3) is 2.36. The molecule has 4 rings (SSSR count). The molecule has 0 aliphatic heterocycles. The van der Waals surface area contributed by atoms with Gasteiger partial charge >= 0.3 is 0 Å². The van der Waals surface area contributed by atoms with Crippen LogP contribution in [0.3, 0.4) is 0 Å². The summed E-state index contributed by atoms with van der Waals surface area (Å²) in [7, 11) is 0. The van der Waals surface area contributed by atoms with Crippen molar-refractivity contribution in [1.82, 2.24) is 25.1 Å². The lowest BCUT2D eigenvalue weighted by Gasteiger charge is -2.01. The van der Waals surface area contributed by atoms with Crippen molar-refractivity contribution in [3.63, 3.8) is 0 Å². The first kappa shape index (κ1) is 13.3. The second-order valence-electron chi connectivity index (χ2n) is 4.99. The highest BCUT2D eigenvalue weighted by Gasteiger charge is 2.12. The first-order chi connectivity index (χ1) is 11.3. The number of aromatic nitrogens is 5. The van der Waals surface area contributed by atoms with Gasteiger partial charge < -0.3 is 0 Å². The monoisotopic (exact) mass is 301 g/mol. The fraction of sp³-hybridized carbons (Fsp3) is 0. The van der Waals surface area contributed by atoms with Crippen molar-refractivity contribution < 1.29 is 4.79 Å². The molecular formula is C17H11N5O. The minimum Gasteiger partial charge on any atom is -0.296 e. The molecule has 0 spiro atoms. The second-order valence-corrected chi connectivity index (χ2v) is 4.99. The number of nitrogens with one attached hydrogen (secondary N) is 1. The summed E-state index contributed by atoms with van der Waals surface area (Å²) in [5.41, 5.74) is 4.25. The van der Waals surface area contributed by atoms with E-state index in [4.69, 9.17) is 0 Å². The molecule has 0 bridgehead atoms. The summed E-state index contributed by atoms with van der Waals surface area (Å²) in [5.74, 6) is 0. The van der Waals surface area contributed by atoms with Crippen LogP contribution in [0.25, 0.3) is 33.5 Å². The molecule has 23 heavy (non-hydrogen) atoms. The molecular weight excluding hydrogens is 290 g/mol. The molecule has 1 N–H and O–H groups in total. The molecule has 4 aromatic heterocycles. The summed E-state index contributed by atoms with van der Waals surface area (Å²) < 4.78 is 0. The lowest BCUT2D eigenvalue weighted by Crippen LogP contribution is -1.90. The Bertz CT molecular complexity index is 994. The zero-order chi connectivity index (χ0) is 15.6. The minimum absolute atomic E-state index is 0.375. The van der Waals surface area contributed by atoms with Gasteiger partial charge in [-0.3, -0.25) is 19.9 Å². The van der Waals surface area contributed by atoms with E-state index < -0.39 is 0 Å². The molecule has 4 heterocycles. The number of rotatable bonds is 3. The fourth-order valence-electron chi connectivity index (χ4n) is 2.43. The van der Waals surface area contributed by atoms with E-state index in [0.717, 1.165) is 28.4 Å². The van der Waals surface area contributed by atoms with Crippen molar-refractivity contribution in [3.8, 4) is 22.6 Å². The smallest absolute Gasteiger partial charge is 0.168 e. The highest BCUT2D eigenvalue weighted by molar-refractivity contribution is 5.93. The number of hydrogen-bond acceptors (Lipinski definition) is 5. The van der Waals surface area contributed by atoms with E-state index in [1.165, 1.54) is 0 Å². The quantitative estimate of drug-likeness (QED) is 0.588. The van der Waals surface area contributed by atoms with Gasteiger partial charge in [0.2, 0.25) is 0 Å². The Balaban J connectivity index is 1.89.